The van der Waals surface area contributed by atoms with Gasteiger partial charge in [0.25, 0.3) is 0 Å². The molecule has 1 saturated heterocycles. The Balaban J connectivity index is 2.09. The minimum absolute atomic E-state index is 0.00164. The first-order chi connectivity index (χ1) is 7.59. The van der Waals surface area contributed by atoms with E-state index in [-0.39, 0.29) is 10.7 Å². The number of aryl methyl sites for hydroxylation is 1. The number of alkyl halides is 1. The molecule has 0 aromatic carbocycles. The summed E-state index contributed by atoms with van der Waals surface area (Å²) < 4.78 is 1.84. The first-order valence-corrected chi connectivity index (χ1v) is 6.41. The van der Waals surface area contributed by atoms with E-state index in [0.717, 1.165) is 30.6 Å². The summed E-state index contributed by atoms with van der Waals surface area (Å²) in [6.45, 7) is 3.57. The first-order valence-electron chi connectivity index (χ1n) is 5.50. The van der Waals surface area contributed by atoms with Crippen LogP contribution in [0.2, 0.25) is 0 Å². The van der Waals surface area contributed by atoms with Gasteiger partial charge in [-0.25, -0.2) is 0 Å². The molecule has 0 aliphatic carbocycles. The Kier molecular flexibility index (Phi) is 3.33. The number of carbonyl (C=O) groups excluding carboxylic acids is 1. The third-order valence-electron chi connectivity index (χ3n) is 3.16. The van der Waals surface area contributed by atoms with Gasteiger partial charge >= 0.3 is 0 Å². The molecule has 1 amide bonds. The lowest BCUT2D eigenvalue weighted by Crippen LogP contribution is -2.41. The second-order valence-corrected chi connectivity index (χ2v) is 5.35. The van der Waals surface area contributed by atoms with Gasteiger partial charge in [-0.2, -0.15) is 5.10 Å². The van der Waals surface area contributed by atoms with Crippen LogP contribution in [-0.2, 0) is 18.4 Å². The van der Waals surface area contributed by atoms with Crippen LogP contribution in [0.3, 0.4) is 0 Å². The molecule has 2 heterocycles. The smallest absolute Gasteiger partial charge is 0.236 e. The minimum Gasteiger partial charge on any atom is -0.337 e. The quantitative estimate of drug-likeness (QED) is 0.775. The molecule has 0 bridgehead atoms. The summed E-state index contributed by atoms with van der Waals surface area (Å²) in [6, 6.07) is 0. The Labute approximate surface area is 104 Å². The molecular formula is C11H16BrN3O. The zero-order valence-electron chi connectivity index (χ0n) is 9.61. The summed E-state index contributed by atoms with van der Waals surface area (Å²) in [7, 11) is 1.92. The van der Waals surface area contributed by atoms with E-state index >= 15 is 0 Å². The zero-order chi connectivity index (χ0) is 11.7. The summed E-state index contributed by atoms with van der Waals surface area (Å²) in [5, 5.41) is 4.19. The molecule has 1 atom stereocenters. The second kappa shape index (κ2) is 4.57. The highest BCUT2D eigenvalue weighted by atomic mass is 79.9. The van der Waals surface area contributed by atoms with Gasteiger partial charge in [-0.05, 0) is 19.8 Å². The molecule has 1 aliphatic rings. The first kappa shape index (κ1) is 11.6. The maximum Gasteiger partial charge on any atom is 0.236 e. The standard InChI is InChI=1S/C11H16BrN3O/c1-8-9(6-13-14(8)2)7-15-5-3-4-10(12)11(15)16/h6,10H,3-5,7H2,1-2H3. The molecular weight excluding hydrogens is 270 g/mol. The molecule has 1 fully saturated rings. The number of nitrogens with zero attached hydrogens (tertiary/aromatic N) is 3. The van der Waals surface area contributed by atoms with Crippen LogP contribution in [0.25, 0.3) is 0 Å². The minimum atomic E-state index is -0.00164. The summed E-state index contributed by atoms with van der Waals surface area (Å²) >= 11 is 3.42. The van der Waals surface area contributed by atoms with E-state index in [0.29, 0.717) is 6.54 Å². The number of hydrogen-bond acceptors (Lipinski definition) is 2. The highest BCUT2D eigenvalue weighted by Gasteiger charge is 2.26. The molecule has 0 radical (unpaired) electrons. The molecule has 0 N–H and O–H groups in total. The molecule has 1 unspecified atom stereocenters. The topological polar surface area (TPSA) is 38.1 Å². The predicted octanol–water partition coefficient (Wildman–Crippen LogP) is 1.61. The summed E-state index contributed by atoms with van der Waals surface area (Å²) in [5.74, 6) is 0.203. The van der Waals surface area contributed by atoms with Gasteiger partial charge in [-0.3, -0.25) is 9.48 Å². The van der Waals surface area contributed by atoms with Crippen molar-refractivity contribution in [2.45, 2.75) is 31.1 Å². The molecule has 4 nitrogen and oxygen atoms in total. The van der Waals surface area contributed by atoms with Crippen LogP contribution in [0.15, 0.2) is 6.20 Å². The highest BCUT2D eigenvalue weighted by Crippen LogP contribution is 2.21. The molecule has 1 aromatic rings. The summed E-state index contributed by atoms with van der Waals surface area (Å²) in [4.78, 5) is 13.8. The fraction of sp³-hybridized carbons (Fsp3) is 0.636. The molecule has 1 aliphatic heterocycles. The van der Waals surface area contributed by atoms with Crippen molar-refractivity contribution in [3.05, 3.63) is 17.5 Å². The van der Waals surface area contributed by atoms with Gasteiger partial charge in [0.1, 0.15) is 0 Å². The van der Waals surface area contributed by atoms with Gasteiger partial charge < -0.3 is 4.90 Å². The monoisotopic (exact) mass is 285 g/mol. The zero-order valence-corrected chi connectivity index (χ0v) is 11.2. The highest BCUT2D eigenvalue weighted by molar-refractivity contribution is 9.10. The van der Waals surface area contributed by atoms with E-state index < -0.39 is 0 Å². The molecule has 1 aromatic heterocycles. The number of likely N-dealkylation sites (tertiary alicyclic amines) is 1. The Morgan fingerprint density at radius 1 is 1.62 bits per heavy atom. The largest absolute Gasteiger partial charge is 0.337 e. The van der Waals surface area contributed by atoms with Crippen molar-refractivity contribution in [2.24, 2.45) is 7.05 Å². The molecule has 2 rings (SSSR count). The third-order valence-corrected chi connectivity index (χ3v) is 4.01. The second-order valence-electron chi connectivity index (χ2n) is 4.25. The summed E-state index contributed by atoms with van der Waals surface area (Å²) in [5.41, 5.74) is 2.27. The van der Waals surface area contributed by atoms with E-state index in [4.69, 9.17) is 0 Å². The Morgan fingerprint density at radius 2 is 2.38 bits per heavy atom. The molecule has 0 spiro atoms. The molecule has 88 valence electrons. The van der Waals surface area contributed by atoms with Crippen LogP contribution < -0.4 is 0 Å². The van der Waals surface area contributed by atoms with Crippen molar-refractivity contribution in [2.75, 3.05) is 6.54 Å². The van der Waals surface area contributed by atoms with Crippen molar-refractivity contribution in [3.8, 4) is 0 Å². The molecule has 0 saturated carbocycles. The van der Waals surface area contributed by atoms with E-state index in [9.17, 15) is 4.79 Å². The lowest BCUT2D eigenvalue weighted by atomic mass is 10.1. The number of rotatable bonds is 2. The maximum atomic E-state index is 11.9. The normalized spacial score (nSPS) is 21.6. The van der Waals surface area contributed by atoms with Gasteiger partial charge in [-0.1, -0.05) is 15.9 Å². The number of hydrogen-bond donors (Lipinski definition) is 0. The number of carbonyl (C=O) groups is 1. The lowest BCUT2D eigenvalue weighted by Gasteiger charge is -2.29. The van der Waals surface area contributed by atoms with Crippen LogP contribution in [0.4, 0.5) is 0 Å². The van der Waals surface area contributed by atoms with Gasteiger partial charge in [-0.15, -0.1) is 0 Å². The van der Waals surface area contributed by atoms with E-state index in [2.05, 4.69) is 21.0 Å². The Morgan fingerprint density at radius 3 is 3.00 bits per heavy atom. The van der Waals surface area contributed by atoms with Gasteiger partial charge in [0.05, 0.1) is 11.0 Å². The van der Waals surface area contributed by atoms with E-state index in [1.165, 1.54) is 0 Å². The number of amides is 1. The average Bonchev–Trinajstić information content (AvgIpc) is 2.57. The van der Waals surface area contributed by atoms with Crippen LogP contribution >= 0.6 is 15.9 Å². The van der Waals surface area contributed by atoms with Crippen molar-refractivity contribution in [1.29, 1.82) is 0 Å². The number of aromatic nitrogens is 2. The van der Waals surface area contributed by atoms with Crippen LogP contribution in [0.5, 0.6) is 0 Å². The van der Waals surface area contributed by atoms with Crippen LogP contribution in [0, 0.1) is 6.92 Å². The number of piperidine rings is 1. The van der Waals surface area contributed by atoms with Crippen molar-refractivity contribution >= 4 is 21.8 Å². The maximum absolute atomic E-state index is 11.9. The number of halogens is 1. The molecule has 5 heteroatoms. The Hall–Kier alpha value is -0.840. The Bertz CT molecular complexity index is 402. The van der Waals surface area contributed by atoms with Gasteiger partial charge in [0, 0.05) is 31.4 Å². The fourth-order valence-corrected chi connectivity index (χ4v) is 2.57. The molecule has 16 heavy (non-hydrogen) atoms. The van der Waals surface area contributed by atoms with Gasteiger partial charge in [0.15, 0.2) is 0 Å². The average molecular weight is 286 g/mol. The SMILES string of the molecule is Cc1c(CN2CCCC(Br)C2=O)cnn1C. The van der Waals surface area contributed by atoms with Crippen LogP contribution in [-0.4, -0.2) is 32.0 Å². The predicted molar refractivity (Wildman–Crippen MR) is 65.3 cm³/mol. The fourth-order valence-electron chi connectivity index (χ4n) is 1.96. The van der Waals surface area contributed by atoms with E-state index in [1.54, 1.807) is 0 Å². The lowest BCUT2D eigenvalue weighted by molar-refractivity contribution is -0.133. The van der Waals surface area contributed by atoms with Crippen LogP contribution in [0.1, 0.15) is 24.1 Å². The summed E-state index contributed by atoms with van der Waals surface area (Å²) in [6.07, 6.45) is 3.86. The van der Waals surface area contributed by atoms with Crippen molar-refractivity contribution in [1.82, 2.24) is 14.7 Å². The van der Waals surface area contributed by atoms with E-state index in [1.807, 2.05) is 29.7 Å². The van der Waals surface area contributed by atoms with Crippen molar-refractivity contribution < 1.29 is 4.79 Å². The third kappa shape index (κ3) is 2.14. The van der Waals surface area contributed by atoms with Crippen molar-refractivity contribution in [3.63, 3.8) is 0 Å². The van der Waals surface area contributed by atoms with Gasteiger partial charge in [0.2, 0.25) is 5.91 Å².